The number of aliphatic hydroxyl groups is 2. The molecule has 80 valence electrons. The number of benzene rings is 1. The first-order chi connectivity index (χ1) is 6.61. The number of hydrogen-bond acceptors (Lipinski definition) is 4. The quantitative estimate of drug-likeness (QED) is 0.368. The average Bonchev–Trinajstić information content (AvgIpc) is 2.19. The number of rotatable bonds is 2. The summed E-state index contributed by atoms with van der Waals surface area (Å²) in [5.74, 6) is 0. The maximum absolute atomic E-state index is 10.5. The van der Waals surface area contributed by atoms with E-state index in [1.807, 2.05) is 0 Å². The van der Waals surface area contributed by atoms with Gasteiger partial charge in [-0.05, 0) is 0 Å². The molecule has 0 aliphatic rings. The zero-order chi connectivity index (χ0) is 11.0. The van der Waals surface area contributed by atoms with Crippen LogP contribution in [0.4, 0.5) is 5.69 Å². The Bertz CT molecular complexity index is 273. The van der Waals surface area contributed by atoms with Crippen molar-refractivity contribution in [1.29, 1.82) is 0 Å². The summed E-state index contributed by atoms with van der Waals surface area (Å²) in [6.07, 6.45) is 0. The van der Waals surface area contributed by atoms with Gasteiger partial charge in [-0.15, -0.1) is 0 Å². The minimum Gasteiger partial charge on any atom is -0.394 e. The Morgan fingerprint density at radius 2 is 1.57 bits per heavy atom. The summed E-state index contributed by atoms with van der Waals surface area (Å²) < 4.78 is 19.7. The Balaban J connectivity index is 0.000000364. The molecule has 1 unspecified atom stereocenters. The molecule has 6 heteroatoms. The van der Waals surface area contributed by atoms with Crippen molar-refractivity contribution >= 4 is 25.0 Å². The van der Waals surface area contributed by atoms with Crippen molar-refractivity contribution in [3.05, 3.63) is 24.3 Å². The molecule has 0 aromatic heterocycles. The fraction of sp³-hybridized carbons (Fsp3) is 0.250. The standard InChI is InChI=1S/C6H8AsNO2.C2H6O2/c8-6-3-1-5(2-4-6)7(9)10;3-1-2-4/h1-4,7H,8H2,(H,9,10);3-4H,1-2H2. The summed E-state index contributed by atoms with van der Waals surface area (Å²) >= 11 is -3.10. The molecule has 1 rings (SSSR count). The van der Waals surface area contributed by atoms with E-state index in [2.05, 4.69) is 0 Å². The summed E-state index contributed by atoms with van der Waals surface area (Å²) in [4.78, 5) is 0. The molecule has 1 aromatic carbocycles. The van der Waals surface area contributed by atoms with Gasteiger partial charge in [0.15, 0.2) is 0 Å². The van der Waals surface area contributed by atoms with Gasteiger partial charge >= 0.3 is 62.8 Å². The van der Waals surface area contributed by atoms with E-state index in [0.717, 1.165) is 0 Å². The van der Waals surface area contributed by atoms with Gasteiger partial charge in [0.2, 0.25) is 0 Å². The summed E-state index contributed by atoms with van der Waals surface area (Å²) in [6.45, 7) is -0.250. The van der Waals surface area contributed by atoms with Crippen LogP contribution in [-0.4, -0.2) is 42.5 Å². The Hall–Kier alpha value is -0.742. The molecule has 0 bridgehead atoms. The molecule has 0 radical (unpaired) electrons. The minimum atomic E-state index is -3.10. The van der Waals surface area contributed by atoms with Gasteiger partial charge in [-0.25, -0.2) is 0 Å². The summed E-state index contributed by atoms with van der Waals surface area (Å²) in [6, 6.07) is 6.40. The van der Waals surface area contributed by atoms with Crippen LogP contribution in [0.2, 0.25) is 0 Å². The van der Waals surface area contributed by atoms with Crippen molar-refractivity contribution in [3.63, 3.8) is 0 Å². The van der Waals surface area contributed by atoms with E-state index in [1.54, 1.807) is 24.3 Å². The zero-order valence-corrected chi connectivity index (χ0v) is 9.65. The van der Waals surface area contributed by atoms with E-state index in [4.69, 9.17) is 20.0 Å². The first kappa shape index (κ1) is 13.3. The molecule has 0 fully saturated rings. The third-order valence-electron chi connectivity index (χ3n) is 1.26. The monoisotopic (exact) mass is 263 g/mol. The van der Waals surface area contributed by atoms with Gasteiger partial charge in [-0.2, -0.15) is 0 Å². The van der Waals surface area contributed by atoms with E-state index in [9.17, 15) is 3.74 Å². The molecular weight excluding hydrogens is 249 g/mol. The number of aliphatic hydroxyl groups excluding tert-OH is 2. The first-order valence-electron chi connectivity index (χ1n) is 3.92. The maximum Gasteiger partial charge on any atom is 0.0662 e. The van der Waals surface area contributed by atoms with Crippen LogP contribution in [0.1, 0.15) is 0 Å². The van der Waals surface area contributed by atoms with Crippen molar-refractivity contribution in [2.75, 3.05) is 18.9 Å². The largest absolute Gasteiger partial charge is 0.394 e. The van der Waals surface area contributed by atoms with Crippen molar-refractivity contribution in [1.82, 2.24) is 0 Å². The van der Waals surface area contributed by atoms with Gasteiger partial charge in [-0.3, -0.25) is 0 Å². The Morgan fingerprint density at radius 3 is 1.86 bits per heavy atom. The number of nitrogens with two attached hydrogens (primary N) is 1. The molecular formula is C8H14AsNO4. The van der Waals surface area contributed by atoms with Crippen molar-refractivity contribution in [2.24, 2.45) is 0 Å². The molecule has 0 saturated heterocycles. The maximum atomic E-state index is 10.5. The van der Waals surface area contributed by atoms with Crippen LogP contribution in [0.5, 0.6) is 0 Å². The molecule has 14 heavy (non-hydrogen) atoms. The van der Waals surface area contributed by atoms with Crippen LogP contribution >= 0.6 is 0 Å². The van der Waals surface area contributed by atoms with E-state index in [1.165, 1.54) is 0 Å². The fourth-order valence-electron chi connectivity index (χ4n) is 0.626. The van der Waals surface area contributed by atoms with Crippen molar-refractivity contribution < 1.29 is 18.0 Å². The van der Waals surface area contributed by atoms with Gasteiger partial charge in [0.25, 0.3) is 0 Å². The average molecular weight is 263 g/mol. The van der Waals surface area contributed by atoms with Gasteiger partial charge in [0.05, 0.1) is 13.2 Å². The van der Waals surface area contributed by atoms with Gasteiger partial charge in [-0.1, -0.05) is 0 Å². The van der Waals surface area contributed by atoms with E-state index < -0.39 is 14.9 Å². The first-order valence-corrected chi connectivity index (χ1v) is 6.76. The third kappa shape index (κ3) is 5.83. The van der Waals surface area contributed by atoms with Crippen molar-refractivity contribution in [3.8, 4) is 0 Å². The second kappa shape index (κ2) is 7.64. The second-order valence-electron chi connectivity index (χ2n) is 2.37. The van der Waals surface area contributed by atoms with Gasteiger partial charge < -0.3 is 10.2 Å². The van der Waals surface area contributed by atoms with E-state index in [-0.39, 0.29) is 13.2 Å². The van der Waals surface area contributed by atoms with Crippen molar-refractivity contribution in [2.45, 2.75) is 0 Å². The topological polar surface area (TPSA) is 104 Å². The molecule has 0 aliphatic heterocycles. The SMILES string of the molecule is Nc1ccc([AsH](=O)O)cc1.OCCO. The molecule has 0 aliphatic carbocycles. The van der Waals surface area contributed by atoms with E-state index >= 15 is 0 Å². The molecule has 5 nitrogen and oxygen atoms in total. The molecule has 0 saturated carbocycles. The van der Waals surface area contributed by atoms with Gasteiger partial charge in [0.1, 0.15) is 0 Å². The second-order valence-corrected chi connectivity index (χ2v) is 4.87. The van der Waals surface area contributed by atoms with Crippen LogP contribution in [0.3, 0.4) is 0 Å². The summed E-state index contributed by atoms with van der Waals surface area (Å²) in [7, 11) is 0. The molecule has 0 amide bonds. The van der Waals surface area contributed by atoms with Gasteiger partial charge in [0, 0.05) is 0 Å². The molecule has 1 atom stereocenters. The van der Waals surface area contributed by atoms with Crippen LogP contribution in [0.25, 0.3) is 0 Å². The molecule has 0 spiro atoms. The Kier molecular flexibility index (Phi) is 7.24. The molecule has 5 N–H and O–H groups in total. The smallest absolute Gasteiger partial charge is 0.0662 e. The van der Waals surface area contributed by atoms with Crippen LogP contribution in [0.15, 0.2) is 24.3 Å². The Labute approximate surface area is 86.6 Å². The summed E-state index contributed by atoms with van der Waals surface area (Å²) in [5.41, 5.74) is 5.98. The van der Waals surface area contributed by atoms with Crippen LogP contribution < -0.4 is 10.1 Å². The van der Waals surface area contributed by atoms with Crippen LogP contribution in [0, 0.1) is 0 Å². The normalized spacial score (nSPS) is 11.4. The summed E-state index contributed by atoms with van der Waals surface area (Å²) in [5, 5.41) is 15.2. The molecule has 0 heterocycles. The molecule has 1 aromatic rings. The van der Waals surface area contributed by atoms with Crippen LogP contribution in [-0.2, 0) is 3.74 Å². The fourth-order valence-corrected chi connectivity index (χ4v) is 1.57. The van der Waals surface area contributed by atoms with E-state index in [0.29, 0.717) is 10.0 Å². The Morgan fingerprint density at radius 1 is 1.14 bits per heavy atom. The minimum absolute atomic E-state index is 0.125. The zero-order valence-electron chi connectivity index (χ0n) is 7.55. The predicted molar refractivity (Wildman–Crippen MR) is 54.7 cm³/mol. The number of anilines is 1. The number of nitrogen functional groups attached to an aromatic ring is 1. The predicted octanol–water partition coefficient (Wildman–Crippen LogP) is -1.91. The third-order valence-corrected chi connectivity index (χ3v) is 2.99. The number of hydrogen-bond donors (Lipinski definition) is 4.